The molecule has 3 atom stereocenters. The fraction of sp³-hybridized carbons (Fsp3) is 0.923. The Balaban J connectivity index is 1.81. The van der Waals surface area contributed by atoms with Crippen LogP contribution in [0.4, 0.5) is 0 Å². The van der Waals surface area contributed by atoms with Gasteiger partial charge in [-0.1, -0.05) is 6.92 Å². The van der Waals surface area contributed by atoms with Gasteiger partial charge in [0.25, 0.3) is 0 Å². The number of amides is 1. The number of carbonyl (C=O) groups excluding carboxylic acids is 1. The summed E-state index contributed by atoms with van der Waals surface area (Å²) in [6.07, 6.45) is 4.62. The third-order valence-electron chi connectivity index (χ3n) is 3.84. The van der Waals surface area contributed by atoms with Gasteiger partial charge in [0.15, 0.2) is 0 Å². The topological polar surface area (TPSA) is 41.6 Å². The maximum absolute atomic E-state index is 12.2. The van der Waals surface area contributed by atoms with E-state index in [1.165, 1.54) is 6.42 Å². The summed E-state index contributed by atoms with van der Waals surface area (Å²) in [6.45, 7) is 4.78. The second kappa shape index (κ2) is 5.83. The van der Waals surface area contributed by atoms with Crippen LogP contribution in [-0.4, -0.2) is 49.7 Å². The summed E-state index contributed by atoms with van der Waals surface area (Å²) >= 11 is 0. The van der Waals surface area contributed by atoms with E-state index < -0.39 is 0 Å². The normalized spacial score (nSPS) is 33.6. The molecule has 2 rings (SSSR count). The van der Waals surface area contributed by atoms with Crippen LogP contribution in [0.5, 0.6) is 0 Å². The van der Waals surface area contributed by atoms with Crippen molar-refractivity contribution >= 4 is 5.91 Å². The lowest BCUT2D eigenvalue weighted by Crippen LogP contribution is -2.50. The van der Waals surface area contributed by atoms with Crippen molar-refractivity contribution in [3.63, 3.8) is 0 Å². The highest BCUT2D eigenvalue weighted by atomic mass is 16.5. The van der Waals surface area contributed by atoms with Gasteiger partial charge in [0.1, 0.15) is 0 Å². The van der Waals surface area contributed by atoms with Gasteiger partial charge in [0, 0.05) is 20.2 Å². The number of nitrogens with one attached hydrogen (secondary N) is 1. The summed E-state index contributed by atoms with van der Waals surface area (Å²) in [5.41, 5.74) is 0. The molecule has 17 heavy (non-hydrogen) atoms. The average Bonchev–Trinajstić information content (AvgIpc) is 2.80. The lowest BCUT2D eigenvalue weighted by molar-refractivity contribution is -0.134. The molecule has 4 nitrogen and oxygen atoms in total. The van der Waals surface area contributed by atoms with Gasteiger partial charge in [0.05, 0.1) is 12.1 Å². The monoisotopic (exact) mass is 240 g/mol. The predicted molar refractivity (Wildman–Crippen MR) is 66.8 cm³/mol. The van der Waals surface area contributed by atoms with E-state index in [1.54, 1.807) is 0 Å². The number of likely N-dealkylation sites (N-methyl/N-ethyl adjacent to an activating group) is 1. The van der Waals surface area contributed by atoms with Gasteiger partial charge in [-0.15, -0.1) is 0 Å². The van der Waals surface area contributed by atoms with Gasteiger partial charge in [0.2, 0.25) is 5.91 Å². The Kier molecular flexibility index (Phi) is 4.40. The molecule has 1 amide bonds. The zero-order chi connectivity index (χ0) is 12.3. The van der Waals surface area contributed by atoms with Crippen molar-refractivity contribution in [2.45, 2.75) is 44.8 Å². The highest BCUT2D eigenvalue weighted by Crippen LogP contribution is 2.18. The Hall–Kier alpha value is -0.610. The van der Waals surface area contributed by atoms with E-state index in [2.05, 4.69) is 12.2 Å². The first-order valence-electron chi connectivity index (χ1n) is 6.77. The molecule has 4 heteroatoms. The Morgan fingerprint density at radius 1 is 1.47 bits per heavy atom. The molecule has 2 fully saturated rings. The highest BCUT2D eigenvalue weighted by molar-refractivity contribution is 5.81. The van der Waals surface area contributed by atoms with E-state index in [9.17, 15) is 4.79 Å². The minimum Gasteiger partial charge on any atom is -0.376 e. The Morgan fingerprint density at radius 3 is 2.94 bits per heavy atom. The van der Waals surface area contributed by atoms with Gasteiger partial charge in [-0.05, 0) is 38.1 Å². The Morgan fingerprint density at radius 2 is 2.29 bits per heavy atom. The van der Waals surface area contributed by atoms with E-state index in [0.717, 1.165) is 39.0 Å². The minimum absolute atomic E-state index is 0.0187. The zero-order valence-corrected chi connectivity index (χ0v) is 10.9. The van der Waals surface area contributed by atoms with Crippen LogP contribution in [0.1, 0.15) is 32.6 Å². The SMILES string of the molecule is CC1CCNC(C(=O)N(C)CC2CCCO2)C1. The lowest BCUT2D eigenvalue weighted by Gasteiger charge is -2.31. The number of piperidine rings is 1. The zero-order valence-electron chi connectivity index (χ0n) is 10.9. The summed E-state index contributed by atoms with van der Waals surface area (Å²) in [5.74, 6) is 0.883. The van der Waals surface area contributed by atoms with Crippen molar-refractivity contribution in [2.75, 3.05) is 26.7 Å². The molecule has 98 valence electrons. The maximum atomic E-state index is 12.2. The van der Waals surface area contributed by atoms with Gasteiger partial charge < -0.3 is 15.0 Å². The summed E-state index contributed by atoms with van der Waals surface area (Å²) in [5, 5.41) is 3.32. The van der Waals surface area contributed by atoms with Crippen LogP contribution in [0.3, 0.4) is 0 Å². The van der Waals surface area contributed by atoms with E-state index >= 15 is 0 Å². The quantitative estimate of drug-likeness (QED) is 0.800. The molecular formula is C13H24N2O2. The van der Waals surface area contributed by atoms with Gasteiger partial charge in [-0.2, -0.15) is 0 Å². The van der Waals surface area contributed by atoms with Crippen molar-refractivity contribution in [1.82, 2.24) is 10.2 Å². The number of nitrogens with zero attached hydrogens (tertiary/aromatic N) is 1. The largest absolute Gasteiger partial charge is 0.376 e. The first kappa shape index (κ1) is 12.8. The molecule has 2 saturated heterocycles. The molecule has 3 unspecified atom stereocenters. The van der Waals surface area contributed by atoms with Crippen LogP contribution < -0.4 is 5.32 Å². The molecule has 0 aliphatic carbocycles. The van der Waals surface area contributed by atoms with Crippen LogP contribution >= 0.6 is 0 Å². The molecule has 0 aromatic rings. The first-order valence-corrected chi connectivity index (χ1v) is 6.77. The summed E-state index contributed by atoms with van der Waals surface area (Å²) in [7, 11) is 1.89. The molecule has 0 aromatic carbocycles. The summed E-state index contributed by atoms with van der Waals surface area (Å²) in [4.78, 5) is 14.1. The van der Waals surface area contributed by atoms with Gasteiger partial charge in [-0.25, -0.2) is 0 Å². The number of hydrogen-bond donors (Lipinski definition) is 1. The highest BCUT2D eigenvalue weighted by Gasteiger charge is 2.28. The Labute approximate surface area is 104 Å². The standard InChI is InChI=1S/C13H24N2O2/c1-10-5-6-14-12(8-10)13(16)15(2)9-11-4-3-7-17-11/h10-12,14H,3-9H2,1-2H3. The number of carbonyl (C=O) groups is 1. The minimum atomic E-state index is 0.0187. The second-order valence-electron chi connectivity index (χ2n) is 5.49. The van der Waals surface area contributed by atoms with Crippen LogP contribution in [-0.2, 0) is 9.53 Å². The molecule has 0 saturated carbocycles. The lowest BCUT2D eigenvalue weighted by atomic mass is 9.93. The average molecular weight is 240 g/mol. The third-order valence-corrected chi connectivity index (χ3v) is 3.84. The van der Waals surface area contributed by atoms with Crippen LogP contribution in [0.2, 0.25) is 0 Å². The van der Waals surface area contributed by atoms with E-state index in [0.29, 0.717) is 5.92 Å². The van der Waals surface area contributed by atoms with Crippen molar-refractivity contribution in [1.29, 1.82) is 0 Å². The summed E-state index contributed by atoms with van der Waals surface area (Å²) in [6, 6.07) is 0.0187. The van der Waals surface area contributed by atoms with Gasteiger partial charge >= 0.3 is 0 Å². The van der Waals surface area contributed by atoms with Crippen LogP contribution in [0.25, 0.3) is 0 Å². The number of rotatable bonds is 3. The van der Waals surface area contributed by atoms with Crippen molar-refractivity contribution < 1.29 is 9.53 Å². The molecule has 2 aliphatic rings. The molecule has 0 radical (unpaired) electrons. The molecule has 0 aromatic heterocycles. The van der Waals surface area contributed by atoms with Crippen molar-refractivity contribution in [3.05, 3.63) is 0 Å². The van der Waals surface area contributed by atoms with E-state index in [-0.39, 0.29) is 18.1 Å². The molecule has 0 bridgehead atoms. The molecule has 2 heterocycles. The molecular weight excluding hydrogens is 216 g/mol. The molecule has 2 aliphatic heterocycles. The fourth-order valence-corrected chi connectivity index (χ4v) is 2.75. The second-order valence-corrected chi connectivity index (χ2v) is 5.49. The van der Waals surface area contributed by atoms with E-state index in [4.69, 9.17) is 4.74 Å². The van der Waals surface area contributed by atoms with Crippen LogP contribution in [0, 0.1) is 5.92 Å². The number of hydrogen-bond acceptors (Lipinski definition) is 3. The fourth-order valence-electron chi connectivity index (χ4n) is 2.75. The van der Waals surface area contributed by atoms with E-state index in [1.807, 2.05) is 11.9 Å². The van der Waals surface area contributed by atoms with Gasteiger partial charge in [-0.3, -0.25) is 4.79 Å². The predicted octanol–water partition coefficient (Wildman–Crippen LogP) is 1.01. The van der Waals surface area contributed by atoms with Crippen molar-refractivity contribution in [2.24, 2.45) is 5.92 Å². The van der Waals surface area contributed by atoms with Crippen LogP contribution in [0.15, 0.2) is 0 Å². The summed E-state index contributed by atoms with van der Waals surface area (Å²) < 4.78 is 5.57. The number of ether oxygens (including phenoxy) is 1. The Bertz CT molecular complexity index is 264. The smallest absolute Gasteiger partial charge is 0.239 e. The maximum Gasteiger partial charge on any atom is 0.239 e. The molecule has 1 N–H and O–H groups in total. The molecule has 0 spiro atoms. The first-order chi connectivity index (χ1) is 8.16. The third kappa shape index (κ3) is 3.42. The van der Waals surface area contributed by atoms with Crippen molar-refractivity contribution in [3.8, 4) is 0 Å².